The molecule has 1 N–H and O–H groups in total. The number of carbonyl (C=O) groups is 1. The van der Waals surface area contributed by atoms with E-state index in [1.54, 1.807) is 6.20 Å². The molecule has 1 fully saturated rings. The van der Waals surface area contributed by atoms with E-state index in [4.69, 9.17) is 10.1 Å². The van der Waals surface area contributed by atoms with Crippen molar-refractivity contribution in [1.29, 1.82) is 5.26 Å². The molecule has 0 radical (unpaired) electrons. The summed E-state index contributed by atoms with van der Waals surface area (Å²) >= 11 is 0. The Kier molecular flexibility index (Phi) is 3.71. The Morgan fingerprint density at radius 1 is 1.10 bits per heavy atom. The van der Waals surface area contributed by atoms with Crippen LogP contribution in [-0.2, 0) is 10.3 Å². The van der Waals surface area contributed by atoms with Crippen molar-refractivity contribution in [3.63, 3.8) is 0 Å². The number of aromatic nitrogens is 4. The second-order valence-electron chi connectivity index (χ2n) is 8.22. The van der Waals surface area contributed by atoms with Crippen LogP contribution in [0.2, 0.25) is 0 Å². The van der Waals surface area contributed by atoms with Gasteiger partial charge in [-0.25, -0.2) is 9.67 Å². The fourth-order valence-corrected chi connectivity index (χ4v) is 4.63. The van der Waals surface area contributed by atoms with Crippen LogP contribution in [0.4, 0.5) is 5.82 Å². The van der Waals surface area contributed by atoms with Crippen molar-refractivity contribution >= 4 is 22.6 Å². The number of pyridine rings is 2. The zero-order valence-electron chi connectivity index (χ0n) is 16.7. The van der Waals surface area contributed by atoms with E-state index in [1.165, 1.54) is 0 Å². The normalized spacial score (nSPS) is 16.4. The first kappa shape index (κ1) is 17.8. The minimum Gasteiger partial charge on any atom is -0.310 e. The Morgan fingerprint density at radius 2 is 1.97 bits per heavy atom. The zero-order chi connectivity index (χ0) is 21.0. The van der Waals surface area contributed by atoms with Gasteiger partial charge in [0.1, 0.15) is 23.1 Å². The molecule has 1 saturated carbocycles. The quantitative estimate of drug-likeness (QED) is 0.537. The molecule has 1 spiro atoms. The molecule has 1 aromatic carbocycles. The Bertz CT molecular complexity index is 1400. The number of rotatable bonds is 2. The molecule has 0 bridgehead atoms. The first-order valence-electron chi connectivity index (χ1n) is 10.3. The average molecular weight is 406 g/mol. The van der Waals surface area contributed by atoms with Crippen molar-refractivity contribution in [2.75, 3.05) is 5.32 Å². The fourth-order valence-electron chi connectivity index (χ4n) is 4.63. The number of benzene rings is 1. The number of hydrogen-bond donors (Lipinski definition) is 1. The van der Waals surface area contributed by atoms with Gasteiger partial charge >= 0.3 is 0 Å². The number of fused-ring (bicyclic) bond motifs is 3. The highest BCUT2D eigenvalue weighted by Crippen LogP contribution is 2.48. The van der Waals surface area contributed by atoms with Gasteiger partial charge in [0, 0.05) is 17.1 Å². The number of anilines is 1. The van der Waals surface area contributed by atoms with E-state index in [9.17, 15) is 10.1 Å². The van der Waals surface area contributed by atoms with Crippen molar-refractivity contribution in [3.05, 3.63) is 60.3 Å². The smallest absolute Gasteiger partial charge is 0.227 e. The van der Waals surface area contributed by atoms with Gasteiger partial charge in [0.15, 0.2) is 0 Å². The lowest BCUT2D eigenvalue weighted by Gasteiger charge is -2.44. The summed E-state index contributed by atoms with van der Waals surface area (Å²) in [4.78, 5) is 21.5. The van der Waals surface area contributed by atoms with Crippen molar-refractivity contribution < 1.29 is 4.79 Å². The summed E-state index contributed by atoms with van der Waals surface area (Å²) in [7, 11) is 0. The van der Waals surface area contributed by atoms with E-state index in [1.807, 2.05) is 53.2 Å². The Hall–Kier alpha value is -4.05. The molecule has 31 heavy (non-hydrogen) atoms. The van der Waals surface area contributed by atoms with E-state index < -0.39 is 0 Å². The number of nitriles is 1. The van der Waals surface area contributed by atoms with Gasteiger partial charge in [-0.15, -0.1) is 0 Å². The molecule has 0 unspecified atom stereocenters. The lowest BCUT2D eigenvalue weighted by molar-refractivity contribution is -0.120. The zero-order valence-corrected chi connectivity index (χ0v) is 16.7. The maximum absolute atomic E-state index is 12.3. The van der Waals surface area contributed by atoms with Crippen LogP contribution in [-0.4, -0.2) is 25.7 Å². The highest BCUT2D eigenvalue weighted by atomic mass is 16.2. The molecule has 7 heteroatoms. The fraction of sp³-hybridized carbons (Fsp3) is 0.208. The molecule has 7 nitrogen and oxygen atoms in total. The SMILES string of the molecule is N#Cc1c(-c2ccc3ccc(-c4ccccn4)nc3c2)nn2c1NC(=O)CC21CCC1. The molecule has 0 saturated heterocycles. The van der Waals surface area contributed by atoms with Crippen molar-refractivity contribution in [3.8, 4) is 28.7 Å². The second kappa shape index (κ2) is 6.47. The number of carbonyl (C=O) groups excluding carboxylic acids is 1. The van der Waals surface area contributed by atoms with Crippen molar-refractivity contribution in [2.24, 2.45) is 0 Å². The lowest BCUT2D eigenvalue weighted by atomic mass is 9.73. The van der Waals surface area contributed by atoms with Gasteiger partial charge in [0.25, 0.3) is 0 Å². The number of nitrogens with zero attached hydrogens (tertiary/aromatic N) is 5. The first-order valence-corrected chi connectivity index (χ1v) is 10.3. The molecule has 4 aromatic rings. The third kappa shape index (κ3) is 2.65. The third-order valence-corrected chi connectivity index (χ3v) is 6.37. The maximum Gasteiger partial charge on any atom is 0.227 e. The second-order valence-corrected chi connectivity index (χ2v) is 8.22. The highest BCUT2D eigenvalue weighted by Gasteiger charge is 2.47. The van der Waals surface area contributed by atoms with E-state index in [-0.39, 0.29) is 11.4 Å². The van der Waals surface area contributed by atoms with Crippen molar-refractivity contribution in [1.82, 2.24) is 19.7 Å². The van der Waals surface area contributed by atoms with Gasteiger partial charge in [-0.3, -0.25) is 9.78 Å². The van der Waals surface area contributed by atoms with E-state index in [2.05, 4.69) is 16.4 Å². The summed E-state index contributed by atoms with van der Waals surface area (Å²) in [6, 6.07) is 17.9. The average Bonchev–Trinajstić information content (AvgIpc) is 3.15. The summed E-state index contributed by atoms with van der Waals surface area (Å²) in [5, 5.41) is 18.6. The first-order chi connectivity index (χ1) is 15.2. The Labute approximate surface area is 178 Å². The van der Waals surface area contributed by atoms with Gasteiger partial charge in [-0.1, -0.05) is 24.3 Å². The van der Waals surface area contributed by atoms with Gasteiger partial charge in [-0.2, -0.15) is 10.4 Å². The van der Waals surface area contributed by atoms with Crippen LogP contribution in [0.15, 0.2) is 54.7 Å². The molecule has 0 atom stereocenters. The monoisotopic (exact) mass is 406 g/mol. The van der Waals surface area contributed by atoms with Crippen LogP contribution in [0.25, 0.3) is 33.5 Å². The minimum absolute atomic E-state index is 0.0460. The lowest BCUT2D eigenvalue weighted by Crippen LogP contribution is -2.48. The third-order valence-electron chi connectivity index (χ3n) is 6.37. The molecule has 6 rings (SSSR count). The highest BCUT2D eigenvalue weighted by molar-refractivity contribution is 5.96. The van der Waals surface area contributed by atoms with Crippen LogP contribution in [0, 0.1) is 11.3 Å². The van der Waals surface area contributed by atoms with Gasteiger partial charge < -0.3 is 5.32 Å². The van der Waals surface area contributed by atoms with Crippen LogP contribution in [0.5, 0.6) is 0 Å². The van der Waals surface area contributed by atoms with Crippen LogP contribution >= 0.6 is 0 Å². The summed E-state index contributed by atoms with van der Waals surface area (Å²) in [5.41, 5.74) is 3.90. The predicted molar refractivity (Wildman–Crippen MR) is 116 cm³/mol. The molecule has 4 heterocycles. The minimum atomic E-state index is -0.289. The maximum atomic E-state index is 12.3. The number of hydrogen-bond acceptors (Lipinski definition) is 5. The molecule has 1 aliphatic carbocycles. The molecule has 1 aliphatic heterocycles. The standard InChI is InChI=1S/C24H18N6O/c25-14-17-22(29-30-23(17)28-21(31)13-24(30)9-3-10-24)16-6-5-15-7-8-19(27-20(15)12-16)18-4-1-2-11-26-18/h1-2,4-8,11-12H,3,9-10,13H2,(H,28,31). The molecule has 2 aliphatic rings. The summed E-state index contributed by atoms with van der Waals surface area (Å²) in [6.45, 7) is 0. The van der Waals surface area contributed by atoms with Gasteiger partial charge in [0.2, 0.25) is 5.91 Å². The van der Waals surface area contributed by atoms with Crippen LogP contribution in [0.3, 0.4) is 0 Å². The molecule has 150 valence electrons. The van der Waals surface area contributed by atoms with Crippen molar-refractivity contribution in [2.45, 2.75) is 31.2 Å². The Morgan fingerprint density at radius 3 is 2.71 bits per heavy atom. The Balaban J connectivity index is 1.50. The largest absolute Gasteiger partial charge is 0.310 e. The summed E-state index contributed by atoms with van der Waals surface area (Å²) in [5.74, 6) is 0.471. The summed E-state index contributed by atoms with van der Waals surface area (Å²) < 4.78 is 1.88. The molecule has 3 aromatic heterocycles. The van der Waals surface area contributed by atoms with E-state index >= 15 is 0 Å². The topological polar surface area (TPSA) is 96.5 Å². The van der Waals surface area contributed by atoms with Gasteiger partial charge in [-0.05, 0) is 43.5 Å². The number of nitrogens with one attached hydrogen (secondary N) is 1. The molecular weight excluding hydrogens is 388 g/mol. The van der Waals surface area contributed by atoms with Crippen LogP contribution < -0.4 is 5.32 Å². The van der Waals surface area contributed by atoms with E-state index in [0.717, 1.165) is 47.1 Å². The predicted octanol–water partition coefficient (Wildman–Crippen LogP) is 4.25. The number of amides is 1. The molecular formula is C24H18N6O. The van der Waals surface area contributed by atoms with Crippen LogP contribution in [0.1, 0.15) is 31.2 Å². The van der Waals surface area contributed by atoms with Gasteiger partial charge in [0.05, 0.1) is 28.9 Å². The molecule has 1 amide bonds. The van der Waals surface area contributed by atoms with E-state index in [0.29, 0.717) is 23.5 Å². The summed E-state index contributed by atoms with van der Waals surface area (Å²) in [6.07, 6.45) is 5.05.